The summed E-state index contributed by atoms with van der Waals surface area (Å²) in [5.41, 5.74) is 0.329. The van der Waals surface area contributed by atoms with Crippen LogP contribution in [0.4, 0.5) is 4.79 Å². The lowest BCUT2D eigenvalue weighted by Crippen LogP contribution is -2.54. The summed E-state index contributed by atoms with van der Waals surface area (Å²) in [5, 5.41) is 3.92. The number of amides is 3. The van der Waals surface area contributed by atoms with Gasteiger partial charge in [0.25, 0.3) is 0 Å². The quantitative estimate of drug-likeness (QED) is 0.455. The van der Waals surface area contributed by atoms with Crippen molar-refractivity contribution in [1.29, 1.82) is 0 Å². The van der Waals surface area contributed by atoms with Crippen molar-refractivity contribution in [3.8, 4) is 0 Å². The van der Waals surface area contributed by atoms with Gasteiger partial charge in [0.2, 0.25) is 5.91 Å². The van der Waals surface area contributed by atoms with Crippen LogP contribution in [0.1, 0.15) is 26.7 Å². The molecule has 22 heavy (non-hydrogen) atoms. The van der Waals surface area contributed by atoms with Gasteiger partial charge in [0, 0.05) is 18.8 Å². The van der Waals surface area contributed by atoms with Gasteiger partial charge in [0.15, 0.2) is 0 Å². The molecular formula is C15H24N4O3. The molecule has 0 spiro atoms. The van der Waals surface area contributed by atoms with Crippen molar-refractivity contribution >= 4 is 11.9 Å². The molecule has 1 heterocycles. The first-order valence-electron chi connectivity index (χ1n) is 7.57. The number of urea groups is 1. The smallest absolute Gasteiger partial charge is 0.335 e. The van der Waals surface area contributed by atoms with Gasteiger partial charge in [0.05, 0.1) is 12.1 Å². The van der Waals surface area contributed by atoms with Crippen LogP contribution in [0.15, 0.2) is 23.9 Å². The number of carbonyl (C=O) groups excluding carboxylic acids is 2. The zero-order chi connectivity index (χ0) is 16.2. The summed E-state index contributed by atoms with van der Waals surface area (Å²) in [6.45, 7) is 5.74. The molecule has 122 valence electrons. The second-order valence-electron chi connectivity index (χ2n) is 5.78. The molecule has 7 heteroatoms. The molecule has 2 aliphatic rings. The summed E-state index contributed by atoms with van der Waals surface area (Å²) in [7, 11) is 0. The minimum Gasteiger partial charge on any atom is -0.370 e. The van der Waals surface area contributed by atoms with Gasteiger partial charge in [-0.2, -0.15) is 0 Å². The van der Waals surface area contributed by atoms with E-state index >= 15 is 0 Å². The third-order valence-corrected chi connectivity index (χ3v) is 3.94. The molecule has 1 atom stereocenters. The number of rotatable bonds is 4. The van der Waals surface area contributed by atoms with Crippen molar-refractivity contribution in [2.75, 3.05) is 26.3 Å². The average Bonchev–Trinajstić information content (AvgIpc) is 2.50. The lowest BCUT2D eigenvalue weighted by molar-refractivity contribution is -0.148. The van der Waals surface area contributed by atoms with E-state index in [4.69, 9.17) is 10.6 Å². The van der Waals surface area contributed by atoms with E-state index in [0.29, 0.717) is 31.8 Å². The number of morpholine rings is 1. The highest BCUT2D eigenvalue weighted by atomic mass is 16.5. The Balaban J connectivity index is 1.96. The Bertz CT molecular complexity index is 503. The zero-order valence-corrected chi connectivity index (χ0v) is 13.2. The van der Waals surface area contributed by atoms with Crippen molar-refractivity contribution in [3.63, 3.8) is 0 Å². The second-order valence-corrected chi connectivity index (χ2v) is 5.78. The number of hydrogen-bond acceptors (Lipinski definition) is 4. The SMILES string of the molecule is CCCN(N)C(=O)NC1=CCC(C)(N2CCOCC2=O)C=C1. The van der Waals surface area contributed by atoms with Gasteiger partial charge >= 0.3 is 6.03 Å². The van der Waals surface area contributed by atoms with Crippen LogP contribution in [-0.4, -0.2) is 53.7 Å². The zero-order valence-electron chi connectivity index (χ0n) is 13.2. The van der Waals surface area contributed by atoms with Crippen molar-refractivity contribution in [1.82, 2.24) is 15.2 Å². The minimum absolute atomic E-state index is 0.00429. The van der Waals surface area contributed by atoms with E-state index < -0.39 is 0 Å². The highest BCUT2D eigenvalue weighted by molar-refractivity contribution is 5.79. The van der Waals surface area contributed by atoms with E-state index in [9.17, 15) is 9.59 Å². The Morgan fingerprint density at radius 1 is 1.59 bits per heavy atom. The molecule has 1 aliphatic heterocycles. The fourth-order valence-corrected chi connectivity index (χ4v) is 2.61. The van der Waals surface area contributed by atoms with Crippen molar-refractivity contribution in [2.24, 2.45) is 5.84 Å². The molecule has 3 N–H and O–H groups in total. The average molecular weight is 308 g/mol. The number of hydrazine groups is 1. The first-order chi connectivity index (χ1) is 10.5. The van der Waals surface area contributed by atoms with E-state index in [0.717, 1.165) is 11.4 Å². The predicted octanol–water partition coefficient (Wildman–Crippen LogP) is 0.743. The number of nitrogens with zero attached hydrogens (tertiary/aromatic N) is 2. The molecule has 1 aliphatic carbocycles. The van der Waals surface area contributed by atoms with Crippen molar-refractivity contribution in [3.05, 3.63) is 23.9 Å². The highest BCUT2D eigenvalue weighted by Gasteiger charge is 2.35. The van der Waals surface area contributed by atoms with Gasteiger partial charge in [0.1, 0.15) is 6.61 Å². The molecule has 0 saturated carbocycles. The van der Waals surface area contributed by atoms with Gasteiger partial charge in [-0.05, 0) is 25.8 Å². The van der Waals surface area contributed by atoms with Gasteiger partial charge in [-0.3, -0.25) is 9.80 Å². The number of ether oxygens (including phenoxy) is 1. The Morgan fingerprint density at radius 3 is 2.95 bits per heavy atom. The molecule has 0 radical (unpaired) electrons. The second kappa shape index (κ2) is 6.93. The van der Waals surface area contributed by atoms with Crippen molar-refractivity contribution < 1.29 is 14.3 Å². The number of nitrogens with one attached hydrogen (secondary N) is 1. The summed E-state index contributed by atoms with van der Waals surface area (Å²) < 4.78 is 5.16. The van der Waals surface area contributed by atoms with Crippen LogP contribution in [-0.2, 0) is 9.53 Å². The Hall–Kier alpha value is -1.86. The van der Waals surface area contributed by atoms with Crippen LogP contribution in [0.5, 0.6) is 0 Å². The minimum atomic E-state index is -0.374. The summed E-state index contributed by atoms with van der Waals surface area (Å²) >= 11 is 0. The molecule has 1 saturated heterocycles. The standard InChI is InChI=1S/C15H24N4O3/c1-3-8-19(16)14(21)17-12-4-6-15(2,7-5-12)18-9-10-22-11-13(18)20/h4-6H,3,7-11,16H2,1-2H3,(H,17,21). The van der Waals surface area contributed by atoms with Gasteiger partial charge < -0.3 is 15.0 Å². The third-order valence-electron chi connectivity index (χ3n) is 3.94. The molecule has 0 bridgehead atoms. The van der Waals surface area contributed by atoms with Crippen LogP contribution in [0.3, 0.4) is 0 Å². The summed E-state index contributed by atoms with van der Waals surface area (Å²) in [5.74, 6) is 5.63. The molecule has 1 fully saturated rings. The fraction of sp³-hybridized carbons (Fsp3) is 0.600. The van der Waals surface area contributed by atoms with Crippen LogP contribution in [0.2, 0.25) is 0 Å². The lowest BCUT2D eigenvalue weighted by Gasteiger charge is -2.42. The molecule has 0 aromatic heterocycles. The Kier molecular flexibility index (Phi) is 5.20. The number of hydrogen-bond donors (Lipinski definition) is 2. The van der Waals surface area contributed by atoms with E-state index in [1.54, 1.807) is 0 Å². The molecule has 2 rings (SSSR count). The van der Waals surface area contributed by atoms with Gasteiger partial charge in [-0.15, -0.1) is 0 Å². The summed E-state index contributed by atoms with van der Waals surface area (Å²) in [6, 6.07) is -0.330. The van der Waals surface area contributed by atoms with E-state index in [2.05, 4.69) is 5.32 Å². The van der Waals surface area contributed by atoms with E-state index in [1.807, 2.05) is 37.0 Å². The third kappa shape index (κ3) is 3.66. The fourth-order valence-electron chi connectivity index (χ4n) is 2.61. The van der Waals surface area contributed by atoms with Crippen LogP contribution in [0.25, 0.3) is 0 Å². The monoisotopic (exact) mass is 308 g/mol. The van der Waals surface area contributed by atoms with Crippen molar-refractivity contribution in [2.45, 2.75) is 32.2 Å². The topological polar surface area (TPSA) is 87.9 Å². The maximum atomic E-state index is 12.0. The molecule has 7 nitrogen and oxygen atoms in total. The first-order valence-corrected chi connectivity index (χ1v) is 7.57. The lowest BCUT2D eigenvalue weighted by atomic mass is 9.90. The number of allylic oxidation sites excluding steroid dienone is 1. The maximum Gasteiger partial charge on any atom is 0.335 e. The molecular weight excluding hydrogens is 284 g/mol. The van der Waals surface area contributed by atoms with Crippen LogP contribution < -0.4 is 11.2 Å². The maximum absolute atomic E-state index is 12.0. The Morgan fingerprint density at radius 2 is 2.36 bits per heavy atom. The van der Waals surface area contributed by atoms with Gasteiger partial charge in [-0.1, -0.05) is 19.1 Å². The highest BCUT2D eigenvalue weighted by Crippen LogP contribution is 2.27. The van der Waals surface area contributed by atoms with E-state index in [-0.39, 0.29) is 24.1 Å². The van der Waals surface area contributed by atoms with Crippen LogP contribution in [0, 0.1) is 0 Å². The molecule has 1 unspecified atom stereocenters. The largest absolute Gasteiger partial charge is 0.370 e. The number of carbonyl (C=O) groups is 2. The Labute approximate surface area is 130 Å². The van der Waals surface area contributed by atoms with E-state index in [1.165, 1.54) is 0 Å². The summed E-state index contributed by atoms with van der Waals surface area (Å²) in [4.78, 5) is 25.7. The first kappa shape index (κ1) is 16.5. The summed E-state index contributed by atoms with van der Waals surface area (Å²) in [6.07, 6.45) is 7.14. The predicted molar refractivity (Wildman–Crippen MR) is 82.5 cm³/mol. The van der Waals surface area contributed by atoms with Gasteiger partial charge in [-0.25, -0.2) is 10.6 Å². The van der Waals surface area contributed by atoms with Crippen LogP contribution >= 0.6 is 0 Å². The molecule has 0 aromatic rings. The number of nitrogens with two attached hydrogens (primary N) is 1. The molecule has 0 aromatic carbocycles. The normalized spacial score (nSPS) is 25.0. The molecule has 3 amide bonds.